The summed E-state index contributed by atoms with van der Waals surface area (Å²) < 4.78 is 16.1. The average molecular weight is 472 g/mol. The molecular formula is C16H31BN2O2Y2. The third kappa shape index (κ3) is 4.69. The maximum Gasteiger partial charge on any atom is 0.472 e. The van der Waals surface area contributed by atoms with Crippen molar-refractivity contribution in [2.24, 2.45) is 0 Å². The van der Waals surface area contributed by atoms with Crippen molar-refractivity contribution >= 4 is 18.3 Å². The van der Waals surface area contributed by atoms with E-state index in [2.05, 4.69) is 43.7 Å². The Bertz CT molecular complexity index is 415. The zero-order chi connectivity index (χ0) is 16.4. The van der Waals surface area contributed by atoms with Crippen molar-refractivity contribution in [3.63, 3.8) is 0 Å². The fourth-order valence-electron chi connectivity index (χ4n) is 3.33. The predicted octanol–water partition coefficient (Wildman–Crippen LogP) is 2.27. The Morgan fingerprint density at radius 1 is 0.913 bits per heavy atom. The second kappa shape index (κ2) is 11.0. The van der Waals surface area contributed by atoms with Gasteiger partial charge in [-0.05, 0) is 0 Å². The summed E-state index contributed by atoms with van der Waals surface area (Å²) in [5, 5.41) is 0. The molecule has 0 aromatic carbocycles. The molecule has 23 heavy (non-hydrogen) atoms. The summed E-state index contributed by atoms with van der Waals surface area (Å²) in [6, 6.07) is 0.327. The number of ether oxygens (including phenoxy) is 2. The van der Waals surface area contributed by atoms with Crippen LogP contribution in [0.25, 0.3) is 0 Å². The molecule has 0 amide bonds. The molecule has 3 heterocycles. The molecule has 3 rings (SSSR count). The topological polar surface area (TPSA) is 24.5 Å². The van der Waals surface area contributed by atoms with E-state index < -0.39 is 0 Å². The van der Waals surface area contributed by atoms with Gasteiger partial charge >= 0.3 is 12.4 Å². The van der Waals surface area contributed by atoms with Crippen molar-refractivity contribution < 1.29 is 84.0 Å². The van der Waals surface area contributed by atoms with Gasteiger partial charge in [0.05, 0.1) is 25.9 Å². The first-order valence-electron chi connectivity index (χ1n) is 8.18. The van der Waals surface area contributed by atoms with Gasteiger partial charge in [0.15, 0.2) is 0 Å². The summed E-state index contributed by atoms with van der Waals surface area (Å²) in [6.07, 6.45) is 0. The normalized spacial score (nSPS) is 26.0. The predicted molar refractivity (Wildman–Crippen MR) is 89.1 cm³/mol. The number of rotatable bonds is 0. The van der Waals surface area contributed by atoms with Crippen LogP contribution in [0.1, 0.15) is 41.5 Å². The molecule has 0 bridgehead atoms. The molecular weight excluding hydrogens is 441 g/mol. The first kappa shape index (κ1) is 26.4. The van der Waals surface area contributed by atoms with Crippen molar-refractivity contribution in [2.75, 3.05) is 13.2 Å². The van der Waals surface area contributed by atoms with Crippen LogP contribution >= 0.6 is 0 Å². The molecule has 0 saturated carbocycles. The van der Waals surface area contributed by atoms with Crippen LogP contribution in [0.5, 0.6) is 0 Å². The van der Waals surface area contributed by atoms with Gasteiger partial charge in [0.25, 0.3) is 11.6 Å². The van der Waals surface area contributed by atoms with Crippen LogP contribution in [0.2, 0.25) is 6.82 Å². The Kier molecular flexibility index (Phi) is 12.7. The molecule has 3 aliphatic rings. The molecule has 4 nitrogen and oxygen atoms in total. The molecule has 126 valence electrons. The average Bonchev–Trinajstić information content (AvgIpc) is 3.06. The first-order chi connectivity index (χ1) is 9.94. The van der Waals surface area contributed by atoms with E-state index in [1.807, 2.05) is 27.7 Å². The van der Waals surface area contributed by atoms with Gasteiger partial charge in [-0.3, -0.25) is 13.8 Å². The Hall–Kier alpha value is 1.21. The molecule has 3 aliphatic heterocycles. The number of hydrogen-bond donors (Lipinski definition) is 0. The van der Waals surface area contributed by atoms with Crippen LogP contribution < -0.4 is 0 Å². The van der Waals surface area contributed by atoms with Gasteiger partial charge < -0.3 is 9.47 Å². The smallest absolute Gasteiger partial charge is 0.452 e. The minimum Gasteiger partial charge on any atom is -0.452 e. The van der Waals surface area contributed by atoms with Crippen molar-refractivity contribution in [1.82, 2.24) is 0 Å². The van der Waals surface area contributed by atoms with Crippen LogP contribution in [0.15, 0.2) is 0 Å². The molecule has 0 aliphatic carbocycles. The molecule has 2 radical (unpaired) electrons. The van der Waals surface area contributed by atoms with Crippen LogP contribution in [-0.4, -0.2) is 58.4 Å². The van der Waals surface area contributed by atoms with E-state index in [0.717, 1.165) is 11.6 Å². The van der Waals surface area contributed by atoms with Gasteiger partial charge in [-0.15, -0.1) is 0 Å². The monoisotopic (exact) mass is 472 g/mol. The zero-order valence-corrected chi connectivity index (χ0v) is 21.6. The van der Waals surface area contributed by atoms with Crippen molar-refractivity contribution in [3.05, 3.63) is 13.8 Å². The van der Waals surface area contributed by atoms with E-state index in [-0.39, 0.29) is 89.9 Å². The second-order valence-corrected chi connectivity index (χ2v) is 5.56. The fraction of sp³-hybridized carbons (Fsp3) is 0.750. The van der Waals surface area contributed by atoms with Crippen LogP contribution in [-0.2, 0) is 74.9 Å². The van der Waals surface area contributed by atoms with Crippen LogP contribution in [0, 0.1) is 13.8 Å². The Labute approximate surface area is 193 Å². The van der Waals surface area contributed by atoms with Gasteiger partial charge in [-0.1, -0.05) is 34.5 Å². The first-order valence-corrected chi connectivity index (χ1v) is 8.18. The minimum absolute atomic E-state index is 0. The van der Waals surface area contributed by atoms with Gasteiger partial charge in [-0.2, -0.15) is 9.15 Å². The number of nitrogens with zero attached hydrogens (tertiary/aromatic N) is 2. The third-order valence-electron chi connectivity index (χ3n) is 3.97. The summed E-state index contributed by atoms with van der Waals surface area (Å²) >= 11 is 0. The SMILES string of the molecule is CC.CC.[CH2-]C1COC2=[N+]1C(C)(C)[N+]1=C(OCC1[CH2-])B2C.[Y].[Y]. The van der Waals surface area contributed by atoms with E-state index in [0.29, 0.717) is 13.2 Å². The molecule has 0 N–H and O–H groups in total. The third-order valence-corrected chi connectivity index (χ3v) is 3.97. The number of hydrogen-bond acceptors (Lipinski definition) is 2. The molecule has 7 heteroatoms. The molecule has 0 aromatic rings. The molecule has 0 saturated heterocycles. The van der Waals surface area contributed by atoms with E-state index in [4.69, 9.17) is 9.47 Å². The molecule has 0 spiro atoms. The van der Waals surface area contributed by atoms with Gasteiger partial charge in [0.1, 0.15) is 13.2 Å². The largest absolute Gasteiger partial charge is 0.472 e. The van der Waals surface area contributed by atoms with Crippen molar-refractivity contribution in [3.8, 4) is 0 Å². The molecule has 0 aromatic heterocycles. The Balaban J connectivity index is 0. The molecule has 0 fully saturated rings. The van der Waals surface area contributed by atoms with E-state index in [9.17, 15) is 0 Å². The quantitative estimate of drug-likeness (QED) is 0.307. The van der Waals surface area contributed by atoms with E-state index in [1.54, 1.807) is 0 Å². The summed E-state index contributed by atoms with van der Waals surface area (Å²) in [5.41, 5.74) is -0.178. The summed E-state index contributed by atoms with van der Waals surface area (Å²) in [7, 11) is 0. The van der Waals surface area contributed by atoms with Gasteiger partial charge in [-0.25, -0.2) is 0 Å². The minimum atomic E-state index is -0.178. The summed E-state index contributed by atoms with van der Waals surface area (Å²) in [4.78, 5) is 0. The van der Waals surface area contributed by atoms with Crippen LogP contribution in [0.4, 0.5) is 0 Å². The summed E-state index contributed by atoms with van der Waals surface area (Å²) in [5.74, 6) is 1.99. The van der Waals surface area contributed by atoms with Crippen molar-refractivity contribution in [2.45, 2.75) is 66.1 Å². The van der Waals surface area contributed by atoms with Crippen LogP contribution in [0.3, 0.4) is 0 Å². The molecule has 2 atom stereocenters. The maximum atomic E-state index is 5.79. The standard InChI is InChI=1S/C12H19BN2O2.2C2H6.2Y/c1-8-6-16-10-13(5)11-15(9(2)7-17-11)12(3,4)14(8)10;2*1-2;;/h8-9H,1-2,6-7H2,3-5H3;2*1-2H3;;. The van der Waals surface area contributed by atoms with Gasteiger partial charge in [0, 0.05) is 65.4 Å². The van der Waals surface area contributed by atoms with E-state index in [1.165, 1.54) is 0 Å². The fourth-order valence-corrected chi connectivity index (χ4v) is 3.33. The van der Waals surface area contributed by atoms with E-state index >= 15 is 0 Å². The van der Waals surface area contributed by atoms with Crippen molar-refractivity contribution in [1.29, 1.82) is 0 Å². The molecule has 2 unspecified atom stereocenters. The zero-order valence-electron chi connectivity index (χ0n) is 15.9. The summed E-state index contributed by atoms with van der Waals surface area (Å²) in [6.45, 7) is 24.3. The Morgan fingerprint density at radius 2 is 1.22 bits per heavy atom. The van der Waals surface area contributed by atoms with Gasteiger partial charge in [0.2, 0.25) is 0 Å². The Morgan fingerprint density at radius 3 is 1.52 bits per heavy atom. The maximum absolute atomic E-state index is 5.79. The second-order valence-electron chi connectivity index (χ2n) is 5.56.